The summed E-state index contributed by atoms with van der Waals surface area (Å²) in [5.41, 5.74) is 2.19. The van der Waals surface area contributed by atoms with Crippen LogP contribution in [0.5, 0.6) is 17.2 Å². The molecule has 178 valence electrons. The fourth-order valence-electron chi connectivity index (χ4n) is 3.69. The van der Waals surface area contributed by atoms with E-state index < -0.39 is 10.0 Å². The molecular weight excluding hydrogens is 494 g/mol. The minimum Gasteiger partial charge on any atom is -0.493 e. The Labute approximate surface area is 208 Å². The fraction of sp³-hybridized carbons (Fsp3) is 0.200. The van der Waals surface area contributed by atoms with Gasteiger partial charge in [0, 0.05) is 21.9 Å². The van der Waals surface area contributed by atoms with Gasteiger partial charge in [0.15, 0.2) is 11.5 Å². The smallest absolute Gasteiger partial charge is 0.264 e. The van der Waals surface area contributed by atoms with E-state index in [9.17, 15) is 8.42 Å². The number of halogens is 1. The average Bonchev–Trinajstić information content (AvgIpc) is 3.23. The highest BCUT2D eigenvalue weighted by molar-refractivity contribution is 7.92. The fourth-order valence-corrected chi connectivity index (χ4v) is 6.23. The van der Waals surface area contributed by atoms with Gasteiger partial charge < -0.3 is 14.2 Å². The minimum absolute atomic E-state index is 0.0924. The summed E-state index contributed by atoms with van der Waals surface area (Å²) in [5, 5.41) is 3.46. The van der Waals surface area contributed by atoms with E-state index >= 15 is 0 Å². The van der Waals surface area contributed by atoms with Crippen molar-refractivity contribution in [3.63, 3.8) is 0 Å². The largest absolute Gasteiger partial charge is 0.493 e. The number of sulfonamides is 1. The van der Waals surface area contributed by atoms with Gasteiger partial charge in [0.2, 0.25) is 5.75 Å². The highest BCUT2D eigenvalue weighted by atomic mass is 35.5. The number of aryl methyl sites for hydroxylation is 1. The molecule has 0 saturated carbocycles. The van der Waals surface area contributed by atoms with Crippen molar-refractivity contribution in [1.82, 2.24) is 0 Å². The maximum absolute atomic E-state index is 13.9. The number of benzene rings is 3. The Bertz CT molecular complexity index is 1410. The quantitative estimate of drug-likeness (QED) is 0.275. The molecule has 4 rings (SSSR count). The first kappa shape index (κ1) is 24.2. The number of nitrogens with zero attached hydrogens (tertiary/aromatic N) is 1. The molecular formula is C25H24ClNO5S2. The van der Waals surface area contributed by atoms with Crippen LogP contribution < -0.4 is 18.5 Å². The van der Waals surface area contributed by atoms with Crippen molar-refractivity contribution in [2.75, 3.05) is 25.6 Å². The summed E-state index contributed by atoms with van der Waals surface area (Å²) in [5.74, 6) is 1.10. The van der Waals surface area contributed by atoms with Crippen LogP contribution in [0, 0.1) is 6.92 Å². The number of hydrogen-bond donors (Lipinski definition) is 0. The van der Waals surface area contributed by atoms with Crippen LogP contribution in [0.15, 0.2) is 64.9 Å². The predicted molar refractivity (Wildman–Crippen MR) is 137 cm³/mol. The van der Waals surface area contributed by atoms with Crippen LogP contribution in [0.1, 0.15) is 11.1 Å². The van der Waals surface area contributed by atoms with Gasteiger partial charge in [-0.3, -0.25) is 4.31 Å². The molecule has 0 fully saturated rings. The van der Waals surface area contributed by atoms with Gasteiger partial charge >= 0.3 is 0 Å². The topological polar surface area (TPSA) is 65.1 Å². The molecule has 0 aliphatic rings. The number of ether oxygens (including phenoxy) is 3. The summed E-state index contributed by atoms with van der Waals surface area (Å²) < 4.78 is 46.6. The number of methoxy groups -OCH3 is 3. The van der Waals surface area contributed by atoms with Crippen LogP contribution >= 0.6 is 22.9 Å². The van der Waals surface area contributed by atoms with Crippen molar-refractivity contribution in [3.05, 3.63) is 76.1 Å². The Kier molecular flexibility index (Phi) is 6.93. The SMILES string of the molecule is COc1cc(N(Cc2csc3ccc(Cl)cc23)S(=O)(=O)c2ccc(C)cc2)cc(OC)c1OC. The highest BCUT2D eigenvalue weighted by Gasteiger charge is 2.28. The third kappa shape index (κ3) is 4.53. The second kappa shape index (κ2) is 9.74. The number of thiophene rings is 1. The molecule has 0 amide bonds. The molecule has 0 bridgehead atoms. The Morgan fingerprint density at radius 3 is 2.15 bits per heavy atom. The zero-order valence-corrected chi connectivity index (χ0v) is 21.6. The van der Waals surface area contributed by atoms with E-state index in [1.54, 1.807) is 47.7 Å². The standard InChI is InChI=1S/C25H24ClNO5S2/c1-16-5-8-20(9-6-16)34(28,29)27(14-17-15-33-24-10-7-18(26)11-21(17)24)19-12-22(30-2)25(32-4)23(13-19)31-3/h5-13,15H,14H2,1-4H3. The molecule has 3 aromatic carbocycles. The van der Waals surface area contributed by atoms with Crippen molar-refractivity contribution in [2.45, 2.75) is 18.4 Å². The maximum Gasteiger partial charge on any atom is 0.264 e. The van der Waals surface area contributed by atoms with Gasteiger partial charge in [0.1, 0.15) is 0 Å². The number of fused-ring (bicyclic) bond motifs is 1. The lowest BCUT2D eigenvalue weighted by Gasteiger charge is -2.26. The summed E-state index contributed by atoms with van der Waals surface area (Å²) in [7, 11) is 0.548. The molecule has 9 heteroatoms. The molecule has 0 radical (unpaired) electrons. The first-order valence-electron chi connectivity index (χ1n) is 10.3. The van der Waals surface area contributed by atoms with Crippen LogP contribution in [-0.4, -0.2) is 29.7 Å². The van der Waals surface area contributed by atoms with Gasteiger partial charge in [-0.25, -0.2) is 8.42 Å². The van der Waals surface area contributed by atoms with Crippen LogP contribution in [0.4, 0.5) is 5.69 Å². The first-order chi connectivity index (χ1) is 16.3. The zero-order chi connectivity index (χ0) is 24.5. The van der Waals surface area contributed by atoms with E-state index in [1.165, 1.54) is 25.6 Å². The monoisotopic (exact) mass is 517 g/mol. The predicted octanol–water partition coefficient (Wildman–Crippen LogP) is 6.28. The van der Waals surface area contributed by atoms with Crippen molar-refractivity contribution < 1.29 is 22.6 Å². The van der Waals surface area contributed by atoms with Crippen LogP contribution in [-0.2, 0) is 16.6 Å². The Morgan fingerprint density at radius 1 is 0.912 bits per heavy atom. The van der Waals surface area contributed by atoms with E-state index in [1.807, 2.05) is 30.5 Å². The van der Waals surface area contributed by atoms with E-state index in [0.717, 1.165) is 21.2 Å². The average molecular weight is 518 g/mol. The molecule has 0 spiro atoms. The van der Waals surface area contributed by atoms with Crippen molar-refractivity contribution in [2.24, 2.45) is 0 Å². The summed E-state index contributed by atoms with van der Waals surface area (Å²) in [6.07, 6.45) is 0. The summed E-state index contributed by atoms with van der Waals surface area (Å²) >= 11 is 7.78. The Balaban J connectivity index is 1.91. The van der Waals surface area contributed by atoms with Crippen molar-refractivity contribution in [3.8, 4) is 17.2 Å². The molecule has 0 saturated heterocycles. The van der Waals surface area contributed by atoms with Gasteiger partial charge in [0.25, 0.3) is 10.0 Å². The zero-order valence-electron chi connectivity index (χ0n) is 19.2. The minimum atomic E-state index is -3.94. The molecule has 0 N–H and O–H groups in total. The molecule has 6 nitrogen and oxygen atoms in total. The lowest BCUT2D eigenvalue weighted by Crippen LogP contribution is -2.30. The second-order valence-corrected chi connectivity index (χ2v) is 10.8. The van der Waals surface area contributed by atoms with Crippen molar-refractivity contribution in [1.29, 1.82) is 0 Å². The lowest BCUT2D eigenvalue weighted by atomic mass is 10.1. The van der Waals surface area contributed by atoms with Gasteiger partial charge in [-0.1, -0.05) is 29.3 Å². The summed E-state index contributed by atoms with van der Waals surface area (Å²) in [4.78, 5) is 0.185. The van der Waals surface area contributed by atoms with Gasteiger partial charge in [-0.2, -0.15) is 0 Å². The molecule has 0 atom stereocenters. The maximum atomic E-state index is 13.9. The van der Waals surface area contributed by atoms with E-state index in [2.05, 4.69) is 0 Å². The third-order valence-corrected chi connectivity index (χ3v) is 8.51. The van der Waals surface area contributed by atoms with E-state index in [-0.39, 0.29) is 11.4 Å². The Morgan fingerprint density at radius 2 is 1.56 bits per heavy atom. The molecule has 1 heterocycles. The molecule has 4 aromatic rings. The number of hydrogen-bond acceptors (Lipinski definition) is 6. The normalized spacial score (nSPS) is 11.4. The third-order valence-electron chi connectivity index (χ3n) is 5.48. The summed E-state index contributed by atoms with van der Waals surface area (Å²) in [6, 6.07) is 15.7. The highest BCUT2D eigenvalue weighted by Crippen LogP contribution is 2.43. The van der Waals surface area contributed by atoms with Crippen LogP contribution in [0.2, 0.25) is 5.02 Å². The van der Waals surface area contributed by atoms with Gasteiger partial charge in [-0.05, 0) is 53.6 Å². The lowest BCUT2D eigenvalue weighted by molar-refractivity contribution is 0.324. The summed E-state index contributed by atoms with van der Waals surface area (Å²) in [6.45, 7) is 2.00. The number of anilines is 1. The van der Waals surface area contributed by atoms with Gasteiger partial charge in [0.05, 0.1) is 38.5 Å². The van der Waals surface area contributed by atoms with Crippen molar-refractivity contribution >= 4 is 48.7 Å². The molecule has 0 aliphatic heterocycles. The second-order valence-electron chi connectivity index (χ2n) is 7.61. The molecule has 0 aliphatic carbocycles. The first-order valence-corrected chi connectivity index (χ1v) is 13.0. The van der Waals surface area contributed by atoms with E-state index in [4.69, 9.17) is 25.8 Å². The number of rotatable bonds is 8. The molecule has 34 heavy (non-hydrogen) atoms. The van der Waals surface area contributed by atoms with E-state index in [0.29, 0.717) is 28.0 Å². The van der Waals surface area contributed by atoms with Gasteiger partial charge in [-0.15, -0.1) is 11.3 Å². The molecule has 0 unspecified atom stereocenters. The van der Waals surface area contributed by atoms with Crippen LogP contribution in [0.3, 0.4) is 0 Å². The molecule has 1 aromatic heterocycles. The van der Waals surface area contributed by atoms with Crippen LogP contribution in [0.25, 0.3) is 10.1 Å². The Hall–Kier alpha value is -2.94.